The van der Waals surface area contributed by atoms with Gasteiger partial charge in [0.05, 0.1) is 0 Å². The second-order valence-electron chi connectivity index (χ2n) is 5.95. The van der Waals surface area contributed by atoms with Crippen LogP contribution in [-0.2, 0) is 6.42 Å². The van der Waals surface area contributed by atoms with E-state index in [-0.39, 0.29) is 0 Å². The molecule has 8 heteroatoms. The molecular formula is C15H24N8. The molecule has 2 N–H and O–H groups in total. The first-order valence-corrected chi connectivity index (χ1v) is 8.11. The molecule has 2 aromatic heterocycles. The number of hydrogen-bond donors (Lipinski definition) is 2. The average molecular weight is 316 g/mol. The number of anilines is 3. The highest BCUT2D eigenvalue weighted by molar-refractivity contribution is 5.50. The molecule has 1 fully saturated rings. The Morgan fingerprint density at radius 2 is 1.96 bits per heavy atom. The van der Waals surface area contributed by atoms with Gasteiger partial charge in [-0.05, 0) is 20.4 Å². The van der Waals surface area contributed by atoms with Crippen molar-refractivity contribution in [3.05, 3.63) is 17.6 Å². The molecule has 0 saturated carbocycles. The summed E-state index contributed by atoms with van der Waals surface area (Å²) in [5.74, 6) is 2.72. The molecule has 0 radical (unpaired) electrons. The summed E-state index contributed by atoms with van der Waals surface area (Å²) in [7, 11) is 2.13. The number of nitrogens with zero attached hydrogens (tertiary/aromatic N) is 6. The van der Waals surface area contributed by atoms with Crippen molar-refractivity contribution >= 4 is 17.7 Å². The Bertz CT molecular complexity index is 645. The fraction of sp³-hybridized carbons (Fsp3) is 0.600. The summed E-state index contributed by atoms with van der Waals surface area (Å²) in [6.07, 6.45) is 2.07. The fourth-order valence-electron chi connectivity index (χ4n) is 2.61. The maximum Gasteiger partial charge on any atom is 0.233 e. The third-order valence-corrected chi connectivity index (χ3v) is 3.91. The number of likely N-dealkylation sites (N-methyl/N-ethyl adjacent to an activating group) is 1. The maximum atomic E-state index is 4.55. The molecular weight excluding hydrogens is 292 g/mol. The first kappa shape index (κ1) is 15.7. The van der Waals surface area contributed by atoms with E-state index in [1.807, 2.05) is 13.0 Å². The van der Waals surface area contributed by atoms with Gasteiger partial charge in [0.15, 0.2) is 5.82 Å². The molecule has 0 unspecified atom stereocenters. The molecule has 0 atom stereocenters. The molecule has 2 aromatic rings. The molecule has 3 heterocycles. The predicted octanol–water partition coefficient (Wildman–Crippen LogP) is 1.35. The van der Waals surface area contributed by atoms with Crippen LogP contribution in [0.4, 0.5) is 17.7 Å². The van der Waals surface area contributed by atoms with Crippen LogP contribution in [0.15, 0.2) is 6.07 Å². The molecule has 3 rings (SSSR count). The van der Waals surface area contributed by atoms with Gasteiger partial charge in [0.2, 0.25) is 11.9 Å². The average Bonchev–Trinajstić information content (AvgIpc) is 2.95. The zero-order valence-corrected chi connectivity index (χ0v) is 14.0. The van der Waals surface area contributed by atoms with Gasteiger partial charge in [0.1, 0.15) is 5.82 Å². The first-order valence-electron chi connectivity index (χ1n) is 8.11. The standard InChI is InChI=1S/C15H24N8/c1-4-5-12-10-13(21-20-12)18-14-16-11(2)17-15(19-14)23-8-6-22(3)7-9-23/h10H,4-9H2,1-3H3,(H2,16,17,18,19,20,21). The summed E-state index contributed by atoms with van der Waals surface area (Å²) in [5, 5.41) is 10.4. The minimum absolute atomic E-state index is 0.543. The van der Waals surface area contributed by atoms with Gasteiger partial charge in [-0.15, -0.1) is 0 Å². The molecule has 23 heavy (non-hydrogen) atoms. The van der Waals surface area contributed by atoms with Crippen molar-refractivity contribution in [3.63, 3.8) is 0 Å². The Morgan fingerprint density at radius 1 is 1.17 bits per heavy atom. The van der Waals surface area contributed by atoms with E-state index in [0.717, 1.165) is 56.5 Å². The SMILES string of the molecule is CCCc1cc(Nc2nc(C)nc(N3CCN(C)CC3)n2)n[nH]1. The topological polar surface area (TPSA) is 85.9 Å². The fourth-order valence-corrected chi connectivity index (χ4v) is 2.61. The van der Waals surface area contributed by atoms with Crippen molar-refractivity contribution < 1.29 is 0 Å². The zero-order chi connectivity index (χ0) is 16.2. The summed E-state index contributed by atoms with van der Waals surface area (Å²) in [6, 6.07) is 2.00. The summed E-state index contributed by atoms with van der Waals surface area (Å²) >= 11 is 0. The van der Waals surface area contributed by atoms with Crippen molar-refractivity contribution in [1.82, 2.24) is 30.0 Å². The van der Waals surface area contributed by atoms with Crippen molar-refractivity contribution in [2.24, 2.45) is 0 Å². The molecule has 0 spiro atoms. The summed E-state index contributed by atoms with van der Waals surface area (Å²) in [6.45, 7) is 7.94. The lowest BCUT2D eigenvalue weighted by molar-refractivity contribution is 0.311. The van der Waals surface area contributed by atoms with Gasteiger partial charge in [-0.1, -0.05) is 13.3 Å². The van der Waals surface area contributed by atoms with Gasteiger partial charge in [0.25, 0.3) is 0 Å². The second kappa shape index (κ2) is 6.91. The smallest absolute Gasteiger partial charge is 0.233 e. The van der Waals surface area contributed by atoms with E-state index in [0.29, 0.717) is 11.8 Å². The monoisotopic (exact) mass is 316 g/mol. The van der Waals surface area contributed by atoms with Crippen LogP contribution in [0.25, 0.3) is 0 Å². The van der Waals surface area contributed by atoms with Crippen molar-refractivity contribution in [2.75, 3.05) is 43.4 Å². The van der Waals surface area contributed by atoms with Crippen molar-refractivity contribution in [1.29, 1.82) is 0 Å². The van der Waals surface area contributed by atoms with Gasteiger partial charge in [-0.25, -0.2) is 0 Å². The predicted molar refractivity (Wildman–Crippen MR) is 90.1 cm³/mol. The Morgan fingerprint density at radius 3 is 2.70 bits per heavy atom. The Kier molecular flexibility index (Phi) is 4.71. The highest BCUT2D eigenvalue weighted by Crippen LogP contribution is 2.16. The Hall–Kier alpha value is -2.22. The van der Waals surface area contributed by atoms with Crippen LogP contribution in [-0.4, -0.2) is 63.3 Å². The largest absolute Gasteiger partial charge is 0.338 e. The lowest BCUT2D eigenvalue weighted by atomic mass is 10.2. The van der Waals surface area contributed by atoms with E-state index in [2.05, 4.69) is 54.2 Å². The molecule has 8 nitrogen and oxygen atoms in total. The highest BCUT2D eigenvalue weighted by atomic mass is 15.3. The van der Waals surface area contributed by atoms with Crippen molar-refractivity contribution in [3.8, 4) is 0 Å². The van der Waals surface area contributed by atoms with Gasteiger partial charge >= 0.3 is 0 Å². The Balaban J connectivity index is 1.74. The first-order chi connectivity index (χ1) is 11.1. The normalized spacial score (nSPS) is 15.9. The number of H-pyrrole nitrogens is 1. The van der Waals surface area contributed by atoms with E-state index < -0.39 is 0 Å². The molecule has 0 aliphatic carbocycles. The molecule has 0 bridgehead atoms. The summed E-state index contributed by atoms with van der Waals surface area (Å²) in [5.41, 5.74) is 1.11. The van der Waals surface area contributed by atoms with Crippen LogP contribution in [0.5, 0.6) is 0 Å². The summed E-state index contributed by atoms with van der Waals surface area (Å²) in [4.78, 5) is 17.9. The van der Waals surface area contributed by atoms with E-state index in [1.54, 1.807) is 0 Å². The third kappa shape index (κ3) is 3.95. The lowest BCUT2D eigenvalue weighted by Crippen LogP contribution is -2.45. The summed E-state index contributed by atoms with van der Waals surface area (Å²) < 4.78 is 0. The van der Waals surface area contributed by atoms with Gasteiger partial charge < -0.3 is 15.1 Å². The van der Waals surface area contributed by atoms with Crippen molar-refractivity contribution in [2.45, 2.75) is 26.7 Å². The molecule has 0 aromatic carbocycles. The number of rotatable bonds is 5. The van der Waals surface area contributed by atoms with E-state index in [1.165, 1.54) is 0 Å². The number of piperazine rings is 1. The van der Waals surface area contributed by atoms with E-state index in [4.69, 9.17) is 0 Å². The van der Waals surface area contributed by atoms with Gasteiger partial charge in [-0.3, -0.25) is 5.10 Å². The van der Waals surface area contributed by atoms with Crippen LogP contribution < -0.4 is 10.2 Å². The number of aromatic amines is 1. The highest BCUT2D eigenvalue weighted by Gasteiger charge is 2.18. The zero-order valence-electron chi connectivity index (χ0n) is 14.0. The lowest BCUT2D eigenvalue weighted by Gasteiger charge is -2.32. The van der Waals surface area contributed by atoms with E-state index in [9.17, 15) is 0 Å². The molecule has 0 amide bonds. The Labute approximate surface area is 136 Å². The van der Waals surface area contributed by atoms with E-state index >= 15 is 0 Å². The maximum absolute atomic E-state index is 4.55. The number of aromatic nitrogens is 5. The quantitative estimate of drug-likeness (QED) is 0.861. The van der Waals surface area contributed by atoms with Gasteiger partial charge in [-0.2, -0.15) is 20.1 Å². The number of hydrogen-bond acceptors (Lipinski definition) is 7. The number of aryl methyl sites for hydroxylation is 2. The molecule has 1 saturated heterocycles. The minimum Gasteiger partial charge on any atom is -0.338 e. The number of nitrogens with one attached hydrogen (secondary N) is 2. The van der Waals surface area contributed by atoms with Crippen LogP contribution in [0.1, 0.15) is 24.9 Å². The van der Waals surface area contributed by atoms with Crippen LogP contribution in [0.2, 0.25) is 0 Å². The second-order valence-corrected chi connectivity index (χ2v) is 5.95. The minimum atomic E-state index is 0.543. The third-order valence-electron chi connectivity index (χ3n) is 3.91. The van der Waals surface area contributed by atoms with Crippen LogP contribution in [0, 0.1) is 6.92 Å². The van der Waals surface area contributed by atoms with Gasteiger partial charge in [0, 0.05) is 37.9 Å². The van der Waals surface area contributed by atoms with Crippen LogP contribution >= 0.6 is 0 Å². The molecule has 1 aliphatic heterocycles. The molecule has 124 valence electrons. The molecule has 1 aliphatic rings. The van der Waals surface area contributed by atoms with Crippen LogP contribution in [0.3, 0.4) is 0 Å².